The minimum Gasteiger partial charge on any atom is -0.433 e. The number of thiocarbonyl (C=S) groups is 1. The van der Waals surface area contributed by atoms with E-state index in [0.717, 1.165) is 5.56 Å². The third-order valence-corrected chi connectivity index (χ3v) is 3.63. The molecule has 0 radical (unpaired) electrons. The maximum absolute atomic E-state index is 12.5. The van der Waals surface area contributed by atoms with Gasteiger partial charge < -0.3 is 15.4 Å². The number of alkyl halides is 2. The Labute approximate surface area is 154 Å². The Kier molecular flexibility index (Phi) is 5.75. The van der Waals surface area contributed by atoms with Crippen LogP contribution in [0.25, 0.3) is 0 Å². The lowest BCUT2D eigenvalue weighted by Gasteiger charge is -2.13. The Hall–Kier alpha value is -3.00. The van der Waals surface area contributed by atoms with Gasteiger partial charge >= 0.3 is 6.61 Å². The molecule has 0 fully saturated rings. The van der Waals surface area contributed by atoms with E-state index in [1.807, 2.05) is 36.5 Å². The van der Waals surface area contributed by atoms with E-state index in [1.165, 1.54) is 6.07 Å². The van der Waals surface area contributed by atoms with Crippen molar-refractivity contribution in [3.05, 3.63) is 72.4 Å². The highest BCUT2D eigenvalue weighted by atomic mass is 32.1. The number of anilines is 2. The molecule has 134 valence electrons. The average Bonchev–Trinajstić information content (AvgIpc) is 3.04. The number of halogens is 2. The van der Waals surface area contributed by atoms with E-state index >= 15 is 0 Å². The number of para-hydroxylation sites is 2. The molecule has 2 aromatic carbocycles. The van der Waals surface area contributed by atoms with E-state index in [-0.39, 0.29) is 10.9 Å². The summed E-state index contributed by atoms with van der Waals surface area (Å²) in [5.74, 6) is 0.562. The standard InChI is InChI=1S/C18H16F2N4OS/c19-17(20)25-15-9-5-4-8-14(15)21-18(26)22-16-10-11-24(23-16)12-13-6-2-1-3-7-13/h1-11,17H,12H2,(H2,21,22,23,26). The molecule has 0 aliphatic heterocycles. The van der Waals surface area contributed by atoms with Gasteiger partial charge in [0.2, 0.25) is 0 Å². The van der Waals surface area contributed by atoms with E-state index in [0.29, 0.717) is 18.1 Å². The van der Waals surface area contributed by atoms with Crippen molar-refractivity contribution in [2.24, 2.45) is 0 Å². The zero-order valence-corrected chi connectivity index (χ0v) is 14.4. The molecule has 0 bridgehead atoms. The number of nitrogens with one attached hydrogen (secondary N) is 2. The first-order chi connectivity index (χ1) is 12.6. The lowest BCUT2D eigenvalue weighted by molar-refractivity contribution is -0.0493. The summed E-state index contributed by atoms with van der Waals surface area (Å²) in [6.07, 6.45) is 1.83. The van der Waals surface area contributed by atoms with Crippen LogP contribution < -0.4 is 15.4 Å². The van der Waals surface area contributed by atoms with Crippen molar-refractivity contribution in [1.29, 1.82) is 0 Å². The molecule has 8 heteroatoms. The Bertz CT molecular complexity index is 870. The van der Waals surface area contributed by atoms with E-state index < -0.39 is 6.61 Å². The second-order valence-electron chi connectivity index (χ2n) is 5.34. The molecule has 0 aliphatic carbocycles. The smallest absolute Gasteiger partial charge is 0.387 e. The van der Waals surface area contributed by atoms with Gasteiger partial charge in [0.25, 0.3) is 0 Å². The number of hydrogen-bond donors (Lipinski definition) is 2. The fourth-order valence-electron chi connectivity index (χ4n) is 2.33. The van der Waals surface area contributed by atoms with Crippen LogP contribution in [-0.2, 0) is 6.54 Å². The fraction of sp³-hybridized carbons (Fsp3) is 0.111. The first-order valence-electron chi connectivity index (χ1n) is 7.79. The average molecular weight is 374 g/mol. The van der Waals surface area contributed by atoms with Gasteiger partial charge in [-0.3, -0.25) is 4.68 Å². The van der Waals surface area contributed by atoms with Gasteiger partial charge in [-0.05, 0) is 29.9 Å². The molecule has 0 saturated carbocycles. The number of aromatic nitrogens is 2. The van der Waals surface area contributed by atoms with Crippen LogP contribution >= 0.6 is 12.2 Å². The number of hydrogen-bond acceptors (Lipinski definition) is 3. The summed E-state index contributed by atoms with van der Waals surface area (Å²) >= 11 is 5.22. The first kappa shape index (κ1) is 17.8. The summed E-state index contributed by atoms with van der Waals surface area (Å²) in [6, 6.07) is 18.0. The predicted octanol–water partition coefficient (Wildman–Crippen LogP) is 4.34. The van der Waals surface area contributed by atoms with Crippen LogP contribution in [0.3, 0.4) is 0 Å². The predicted molar refractivity (Wildman–Crippen MR) is 101 cm³/mol. The number of ether oxygens (including phenoxy) is 1. The van der Waals surface area contributed by atoms with Gasteiger partial charge in [0.1, 0.15) is 5.75 Å². The molecule has 0 spiro atoms. The maximum Gasteiger partial charge on any atom is 0.387 e. The molecule has 3 rings (SSSR count). The number of rotatable bonds is 6. The monoisotopic (exact) mass is 374 g/mol. The second-order valence-corrected chi connectivity index (χ2v) is 5.75. The Balaban J connectivity index is 1.61. The van der Waals surface area contributed by atoms with Crippen LogP contribution in [-0.4, -0.2) is 21.5 Å². The molecular weight excluding hydrogens is 358 g/mol. The zero-order valence-electron chi connectivity index (χ0n) is 13.6. The van der Waals surface area contributed by atoms with E-state index in [2.05, 4.69) is 20.5 Å². The topological polar surface area (TPSA) is 51.1 Å². The van der Waals surface area contributed by atoms with Gasteiger partial charge in [-0.2, -0.15) is 13.9 Å². The van der Waals surface area contributed by atoms with Gasteiger partial charge in [-0.25, -0.2) is 0 Å². The Morgan fingerprint density at radius 1 is 1.04 bits per heavy atom. The molecular formula is C18H16F2N4OS. The highest BCUT2D eigenvalue weighted by Crippen LogP contribution is 2.25. The minimum atomic E-state index is -2.91. The number of benzene rings is 2. The molecule has 0 saturated heterocycles. The Morgan fingerprint density at radius 2 is 1.77 bits per heavy atom. The van der Waals surface area contributed by atoms with Crippen LogP contribution in [0.5, 0.6) is 5.75 Å². The number of nitrogens with zero attached hydrogens (tertiary/aromatic N) is 2. The molecule has 5 nitrogen and oxygen atoms in total. The third kappa shape index (κ3) is 5.00. The van der Waals surface area contributed by atoms with Crippen molar-refractivity contribution in [3.8, 4) is 5.75 Å². The summed E-state index contributed by atoms with van der Waals surface area (Å²) in [6.45, 7) is -2.28. The summed E-state index contributed by atoms with van der Waals surface area (Å²) < 4.78 is 31.1. The van der Waals surface area contributed by atoms with Gasteiger partial charge in [0, 0.05) is 12.3 Å². The van der Waals surface area contributed by atoms with E-state index in [4.69, 9.17) is 12.2 Å². The fourth-order valence-corrected chi connectivity index (χ4v) is 2.54. The highest BCUT2D eigenvalue weighted by molar-refractivity contribution is 7.80. The van der Waals surface area contributed by atoms with E-state index in [9.17, 15) is 8.78 Å². The molecule has 1 heterocycles. The second kappa shape index (κ2) is 8.39. The molecule has 0 unspecified atom stereocenters. The lowest BCUT2D eigenvalue weighted by Crippen LogP contribution is -2.20. The van der Waals surface area contributed by atoms with Crippen molar-refractivity contribution < 1.29 is 13.5 Å². The molecule has 3 aromatic rings. The molecule has 2 N–H and O–H groups in total. The van der Waals surface area contributed by atoms with E-state index in [1.54, 1.807) is 28.9 Å². The molecule has 0 aliphatic rings. The van der Waals surface area contributed by atoms with Crippen molar-refractivity contribution in [3.63, 3.8) is 0 Å². The van der Waals surface area contributed by atoms with Crippen molar-refractivity contribution in [1.82, 2.24) is 9.78 Å². The summed E-state index contributed by atoms with van der Waals surface area (Å²) in [7, 11) is 0. The zero-order chi connectivity index (χ0) is 18.4. The largest absolute Gasteiger partial charge is 0.433 e. The van der Waals surface area contributed by atoms with Crippen LogP contribution in [0.1, 0.15) is 5.56 Å². The quantitative estimate of drug-likeness (QED) is 0.629. The van der Waals surface area contributed by atoms with Crippen molar-refractivity contribution >= 4 is 28.8 Å². The molecule has 26 heavy (non-hydrogen) atoms. The normalized spacial score (nSPS) is 10.6. The van der Waals surface area contributed by atoms with Crippen molar-refractivity contribution in [2.75, 3.05) is 10.6 Å². The van der Waals surface area contributed by atoms with Crippen molar-refractivity contribution in [2.45, 2.75) is 13.2 Å². The summed E-state index contributed by atoms with van der Waals surface area (Å²) in [5, 5.41) is 10.4. The summed E-state index contributed by atoms with van der Waals surface area (Å²) in [4.78, 5) is 0. The van der Waals surface area contributed by atoms with Gasteiger partial charge in [-0.15, -0.1) is 0 Å². The SMILES string of the molecule is FC(F)Oc1ccccc1NC(=S)Nc1ccn(Cc2ccccc2)n1. The van der Waals surface area contributed by atoms with Gasteiger partial charge in [0.15, 0.2) is 10.9 Å². The highest BCUT2D eigenvalue weighted by Gasteiger charge is 2.10. The van der Waals surface area contributed by atoms with Crippen LogP contribution in [0, 0.1) is 0 Å². The minimum absolute atomic E-state index is 0.0151. The molecule has 0 amide bonds. The molecule has 0 atom stereocenters. The van der Waals surface area contributed by atoms with Gasteiger partial charge in [-0.1, -0.05) is 42.5 Å². The maximum atomic E-state index is 12.5. The van der Waals surface area contributed by atoms with Crippen LogP contribution in [0.15, 0.2) is 66.9 Å². The van der Waals surface area contributed by atoms with Crippen LogP contribution in [0.4, 0.5) is 20.3 Å². The lowest BCUT2D eigenvalue weighted by atomic mass is 10.2. The van der Waals surface area contributed by atoms with Crippen LogP contribution in [0.2, 0.25) is 0 Å². The molecule has 1 aromatic heterocycles. The summed E-state index contributed by atoms with van der Waals surface area (Å²) in [5.41, 5.74) is 1.47. The first-order valence-corrected chi connectivity index (χ1v) is 8.20. The third-order valence-electron chi connectivity index (χ3n) is 3.42. The Morgan fingerprint density at radius 3 is 2.54 bits per heavy atom. The van der Waals surface area contributed by atoms with Gasteiger partial charge in [0.05, 0.1) is 12.2 Å².